The first-order chi connectivity index (χ1) is 16.4. The summed E-state index contributed by atoms with van der Waals surface area (Å²) < 4.78 is 6.88. The van der Waals surface area contributed by atoms with E-state index in [4.69, 9.17) is 9.84 Å². The van der Waals surface area contributed by atoms with Gasteiger partial charge >= 0.3 is 11.9 Å². The van der Waals surface area contributed by atoms with E-state index in [0.29, 0.717) is 12.4 Å². The van der Waals surface area contributed by atoms with Crippen molar-refractivity contribution in [1.82, 2.24) is 20.2 Å². The molecule has 0 bridgehead atoms. The summed E-state index contributed by atoms with van der Waals surface area (Å²) in [4.78, 5) is 23.0. The summed E-state index contributed by atoms with van der Waals surface area (Å²) in [5.41, 5.74) is 0.259. The maximum absolute atomic E-state index is 12.0. The molecule has 10 nitrogen and oxygen atoms in total. The average molecular weight is 495 g/mol. The van der Waals surface area contributed by atoms with Crippen LogP contribution in [0.1, 0.15) is 81.9 Å². The van der Waals surface area contributed by atoms with Crippen molar-refractivity contribution in [3.8, 4) is 11.5 Å². The number of thioether (sulfide) groups is 1. The largest absolute Gasteiger partial charge is 0.508 e. The van der Waals surface area contributed by atoms with E-state index < -0.39 is 23.7 Å². The zero-order valence-corrected chi connectivity index (χ0v) is 20.4. The smallest absolute Gasteiger partial charge is 0.325 e. The predicted octanol–water partition coefficient (Wildman–Crippen LogP) is 4.68. The number of phenolic OH excluding ortho intramolecular Hbond substituents is 1. The summed E-state index contributed by atoms with van der Waals surface area (Å²) in [6.07, 6.45) is 12.0. The number of unbranched alkanes of at least 4 members (excludes halogenated alkanes) is 9. The Morgan fingerprint density at radius 2 is 1.68 bits per heavy atom. The van der Waals surface area contributed by atoms with Crippen LogP contribution in [0.3, 0.4) is 0 Å². The second kappa shape index (κ2) is 15.2. The molecule has 0 fully saturated rings. The van der Waals surface area contributed by atoms with Gasteiger partial charge in [-0.15, -0.1) is 5.10 Å². The number of ether oxygens (including phenoxy) is 1. The van der Waals surface area contributed by atoms with Crippen molar-refractivity contribution in [3.05, 3.63) is 23.8 Å². The Hall–Kier alpha value is -2.82. The molecular formula is C23H34N4O6S. The molecule has 1 heterocycles. The summed E-state index contributed by atoms with van der Waals surface area (Å²) in [6, 6.07) is 4.32. The zero-order chi connectivity index (χ0) is 24.8. The highest BCUT2D eigenvalue weighted by Gasteiger charge is 2.28. The third kappa shape index (κ3) is 9.58. The molecule has 2 aromatic rings. The number of rotatable bonds is 18. The van der Waals surface area contributed by atoms with Crippen LogP contribution >= 0.6 is 11.8 Å². The number of carboxylic acid groups (broad SMARTS) is 2. The fourth-order valence-electron chi connectivity index (χ4n) is 3.50. The van der Waals surface area contributed by atoms with Crippen LogP contribution < -0.4 is 4.74 Å². The Morgan fingerprint density at radius 3 is 2.29 bits per heavy atom. The molecule has 0 aliphatic rings. The second-order valence-electron chi connectivity index (χ2n) is 8.10. The molecule has 0 aliphatic carbocycles. The van der Waals surface area contributed by atoms with Gasteiger partial charge in [0, 0.05) is 5.56 Å². The van der Waals surface area contributed by atoms with Gasteiger partial charge in [-0.25, -0.2) is 4.68 Å². The predicted molar refractivity (Wildman–Crippen MR) is 127 cm³/mol. The van der Waals surface area contributed by atoms with E-state index in [9.17, 15) is 19.8 Å². The fraction of sp³-hybridized carbons (Fsp3) is 0.609. The van der Waals surface area contributed by atoms with Crippen LogP contribution in [0.25, 0.3) is 0 Å². The highest BCUT2D eigenvalue weighted by atomic mass is 32.2. The van der Waals surface area contributed by atoms with Crippen LogP contribution in [-0.2, 0) is 16.1 Å². The van der Waals surface area contributed by atoms with Gasteiger partial charge in [-0.2, -0.15) is 0 Å². The Bertz CT molecular complexity index is 907. The zero-order valence-electron chi connectivity index (χ0n) is 19.6. The van der Waals surface area contributed by atoms with Crippen LogP contribution in [0.15, 0.2) is 23.4 Å². The Balaban J connectivity index is 1.90. The minimum absolute atomic E-state index is 0.0405. The number of carbonyl (C=O) groups is 2. The van der Waals surface area contributed by atoms with Gasteiger partial charge in [0.05, 0.1) is 6.61 Å². The number of carboxylic acids is 2. The molecular weight excluding hydrogens is 460 g/mol. The van der Waals surface area contributed by atoms with Crippen molar-refractivity contribution in [1.29, 1.82) is 0 Å². The van der Waals surface area contributed by atoms with E-state index >= 15 is 0 Å². The molecule has 1 atom stereocenters. The Labute approximate surface area is 203 Å². The van der Waals surface area contributed by atoms with Crippen LogP contribution in [0.4, 0.5) is 0 Å². The summed E-state index contributed by atoms with van der Waals surface area (Å²) in [5, 5.41) is 38.4. The highest BCUT2D eigenvalue weighted by molar-refractivity contribution is 8.00. The lowest BCUT2D eigenvalue weighted by atomic mass is 10.1. The Kier molecular flexibility index (Phi) is 12.2. The molecule has 188 valence electrons. The molecule has 0 amide bonds. The van der Waals surface area contributed by atoms with Gasteiger partial charge in [0.15, 0.2) is 0 Å². The van der Waals surface area contributed by atoms with Crippen molar-refractivity contribution >= 4 is 23.7 Å². The molecule has 34 heavy (non-hydrogen) atoms. The third-order valence-corrected chi connectivity index (χ3v) is 6.46. The van der Waals surface area contributed by atoms with Crippen LogP contribution in [0, 0.1) is 0 Å². The van der Waals surface area contributed by atoms with Gasteiger partial charge in [0.1, 0.15) is 23.3 Å². The lowest BCUT2D eigenvalue weighted by molar-refractivity contribution is -0.138. The topological polar surface area (TPSA) is 148 Å². The molecule has 1 aromatic heterocycles. The van der Waals surface area contributed by atoms with Gasteiger partial charge in [-0.05, 0) is 35.0 Å². The molecule has 0 aliphatic heterocycles. The minimum atomic E-state index is -1.20. The highest BCUT2D eigenvalue weighted by Crippen LogP contribution is 2.40. The molecule has 1 unspecified atom stereocenters. The van der Waals surface area contributed by atoms with E-state index in [1.54, 1.807) is 0 Å². The normalized spacial score (nSPS) is 11.9. The van der Waals surface area contributed by atoms with Crippen LogP contribution in [0.2, 0.25) is 0 Å². The van der Waals surface area contributed by atoms with Crippen molar-refractivity contribution < 1.29 is 29.6 Å². The van der Waals surface area contributed by atoms with Gasteiger partial charge in [0.25, 0.3) is 0 Å². The Morgan fingerprint density at radius 1 is 1.03 bits per heavy atom. The number of aliphatic carboxylic acids is 2. The fourth-order valence-corrected chi connectivity index (χ4v) is 4.43. The lowest BCUT2D eigenvalue weighted by Gasteiger charge is -2.17. The number of hydrogen-bond acceptors (Lipinski definition) is 8. The van der Waals surface area contributed by atoms with Crippen LogP contribution in [0.5, 0.6) is 11.5 Å². The van der Waals surface area contributed by atoms with E-state index in [1.165, 1.54) is 63.1 Å². The average Bonchev–Trinajstić information content (AvgIpc) is 3.22. The summed E-state index contributed by atoms with van der Waals surface area (Å²) in [7, 11) is 0. The molecule has 1 aromatic carbocycles. The molecule has 0 saturated carbocycles. The van der Waals surface area contributed by atoms with Crippen molar-refractivity contribution in [3.63, 3.8) is 0 Å². The SMILES string of the molecule is CCCCCCCCCCCCOc1ccc(O)cc1C(Sc1nnnn1CC(=O)O)C(=O)O. The van der Waals surface area contributed by atoms with Gasteiger partial charge < -0.3 is 20.1 Å². The first-order valence-electron chi connectivity index (χ1n) is 11.8. The van der Waals surface area contributed by atoms with Crippen molar-refractivity contribution in [2.45, 2.75) is 88.1 Å². The van der Waals surface area contributed by atoms with Gasteiger partial charge in [-0.1, -0.05) is 76.5 Å². The first kappa shape index (κ1) is 27.4. The number of tetrazole rings is 1. The number of aromatic nitrogens is 4. The van der Waals surface area contributed by atoms with E-state index in [-0.39, 0.29) is 16.5 Å². The number of benzene rings is 1. The summed E-state index contributed by atoms with van der Waals surface area (Å²) in [5.74, 6) is -2.09. The standard InChI is InChI=1S/C23H34N4O6S/c1-2-3-4-5-6-7-8-9-10-11-14-33-19-13-12-17(28)15-18(19)21(22(31)32)34-23-24-25-26-27(23)16-20(29)30/h12-13,15,21,28H,2-11,14,16H2,1H3,(H,29,30)(H,31,32). The molecule has 2 rings (SSSR count). The minimum Gasteiger partial charge on any atom is -0.508 e. The first-order valence-corrected chi connectivity index (χ1v) is 12.6. The van der Waals surface area contributed by atoms with Gasteiger partial charge in [-0.3, -0.25) is 9.59 Å². The molecule has 11 heteroatoms. The number of phenols is 1. The molecule has 3 N–H and O–H groups in total. The summed E-state index contributed by atoms with van der Waals surface area (Å²) >= 11 is 0.781. The number of aromatic hydroxyl groups is 1. The molecule has 0 spiro atoms. The van der Waals surface area contributed by atoms with Crippen molar-refractivity contribution in [2.24, 2.45) is 0 Å². The van der Waals surface area contributed by atoms with E-state index in [1.807, 2.05) is 0 Å². The van der Waals surface area contributed by atoms with Gasteiger partial charge in [0.2, 0.25) is 5.16 Å². The number of nitrogens with zero attached hydrogens (tertiary/aromatic N) is 4. The number of hydrogen-bond donors (Lipinski definition) is 3. The van der Waals surface area contributed by atoms with Crippen LogP contribution in [-0.4, -0.2) is 54.1 Å². The lowest BCUT2D eigenvalue weighted by Crippen LogP contribution is -2.14. The van der Waals surface area contributed by atoms with E-state index in [0.717, 1.165) is 35.7 Å². The molecule has 0 radical (unpaired) electrons. The monoisotopic (exact) mass is 494 g/mol. The second-order valence-corrected chi connectivity index (χ2v) is 9.17. The quantitative estimate of drug-likeness (QED) is 0.197. The maximum Gasteiger partial charge on any atom is 0.325 e. The third-order valence-electron chi connectivity index (χ3n) is 5.26. The van der Waals surface area contributed by atoms with Crippen molar-refractivity contribution in [2.75, 3.05) is 6.61 Å². The van der Waals surface area contributed by atoms with E-state index in [2.05, 4.69) is 22.4 Å². The maximum atomic E-state index is 12.0. The summed E-state index contributed by atoms with van der Waals surface area (Å²) in [6.45, 7) is 2.16. The molecule has 0 saturated heterocycles.